The molecular formula is C19H18N4O2. The molecule has 2 N–H and O–H groups in total. The molecule has 126 valence electrons. The van der Waals surface area contributed by atoms with Gasteiger partial charge >= 0.3 is 0 Å². The van der Waals surface area contributed by atoms with Gasteiger partial charge in [-0.2, -0.15) is 5.10 Å². The van der Waals surface area contributed by atoms with Gasteiger partial charge < -0.3 is 4.74 Å². The fourth-order valence-electron chi connectivity index (χ4n) is 2.31. The molecule has 3 aromatic rings. The molecule has 0 aliphatic rings. The first kappa shape index (κ1) is 16.4. The number of aromatic amines is 1. The summed E-state index contributed by atoms with van der Waals surface area (Å²) in [6.45, 7) is 2.01. The Hall–Kier alpha value is -3.41. The molecule has 2 aromatic carbocycles. The Morgan fingerprint density at radius 2 is 1.92 bits per heavy atom. The predicted octanol–water partition coefficient (Wildman–Crippen LogP) is 3.20. The van der Waals surface area contributed by atoms with Gasteiger partial charge in [-0.25, -0.2) is 10.4 Å². The van der Waals surface area contributed by atoms with Crippen molar-refractivity contribution >= 4 is 12.2 Å². The number of methoxy groups -OCH3 is 1. The molecular weight excluding hydrogens is 316 g/mol. The predicted molar refractivity (Wildman–Crippen MR) is 99.2 cm³/mol. The zero-order valence-electron chi connectivity index (χ0n) is 14.0. The van der Waals surface area contributed by atoms with E-state index in [-0.39, 0.29) is 11.5 Å². The van der Waals surface area contributed by atoms with Crippen molar-refractivity contribution in [3.63, 3.8) is 0 Å². The van der Waals surface area contributed by atoms with Crippen molar-refractivity contribution in [2.24, 2.45) is 5.10 Å². The third kappa shape index (κ3) is 4.11. The molecule has 0 amide bonds. The molecule has 0 aliphatic heterocycles. The molecule has 25 heavy (non-hydrogen) atoms. The van der Waals surface area contributed by atoms with Crippen LogP contribution >= 0.6 is 0 Å². The van der Waals surface area contributed by atoms with Gasteiger partial charge in [0.1, 0.15) is 5.75 Å². The summed E-state index contributed by atoms with van der Waals surface area (Å²) in [7, 11) is 1.61. The maximum absolute atomic E-state index is 11.9. The van der Waals surface area contributed by atoms with Gasteiger partial charge in [0.15, 0.2) is 0 Å². The fraction of sp³-hybridized carbons (Fsp3) is 0.105. The second kappa shape index (κ2) is 7.44. The van der Waals surface area contributed by atoms with Gasteiger partial charge in [0.25, 0.3) is 5.56 Å². The first-order valence-electron chi connectivity index (χ1n) is 7.76. The highest BCUT2D eigenvalue weighted by molar-refractivity contribution is 5.81. The standard InChI is InChI=1S/C19H18N4O2/c1-13-5-3-4-6-15(13)12-20-23-19-21-17(11-18(24)22-19)14-7-9-16(25-2)10-8-14/h3-12H,1-2H3,(H2,21,22,23,24)/b20-12-. The Balaban J connectivity index is 1.82. The lowest BCUT2D eigenvalue weighted by Gasteiger charge is -2.05. The van der Waals surface area contributed by atoms with E-state index in [0.29, 0.717) is 5.69 Å². The molecule has 6 nitrogen and oxygen atoms in total. The lowest BCUT2D eigenvalue weighted by atomic mass is 10.1. The van der Waals surface area contributed by atoms with E-state index in [0.717, 1.165) is 22.4 Å². The van der Waals surface area contributed by atoms with E-state index in [9.17, 15) is 4.79 Å². The summed E-state index contributed by atoms with van der Waals surface area (Å²) in [5, 5.41) is 4.15. The minimum atomic E-state index is -0.255. The molecule has 0 unspecified atom stereocenters. The number of nitrogens with zero attached hydrogens (tertiary/aromatic N) is 2. The lowest BCUT2D eigenvalue weighted by molar-refractivity contribution is 0.415. The minimum Gasteiger partial charge on any atom is -0.497 e. The van der Waals surface area contributed by atoms with Crippen LogP contribution in [0.25, 0.3) is 11.3 Å². The van der Waals surface area contributed by atoms with E-state index in [1.54, 1.807) is 13.3 Å². The number of hydrazone groups is 1. The number of aryl methyl sites for hydroxylation is 1. The average molecular weight is 334 g/mol. The SMILES string of the molecule is COc1ccc(-c2cc(=O)[nH]c(N/N=C\c3ccccc3C)n2)cc1. The molecule has 0 saturated carbocycles. The molecule has 0 saturated heterocycles. The van der Waals surface area contributed by atoms with Crippen LogP contribution in [0.4, 0.5) is 5.95 Å². The van der Waals surface area contributed by atoms with Crippen LogP contribution in [0.2, 0.25) is 0 Å². The highest BCUT2D eigenvalue weighted by Gasteiger charge is 2.04. The molecule has 3 rings (SSSR count). The largest absolute Gasteiger partial charge is 0.497 e. The maximum atomic E-state index is 11.9. The van der Waals surface area contributed by atoms with Crippen molar-refractivity contribution in [3.05, 3.63) is 76.1 Å². The minimum absolute atomic E-state index is 0.255. The molecule has 1 aromatic heterocycles. The monoisotopic (exact) mass is 334 g/mol. The van der Waals surface area contributed by atoms with Crippen LogP contribution in [0, 0.1) is 6.92 Å². The summed E-state index contributed by atoms with van der Waals surface area (Å²) >= 11 is 0. The quantitative estimate of drug-likeness (QED) is 0.555. The van der Waals surface area contributed by atoms with Gasteiger partial charge in [0.2, 0.25) is 5.95 Å². The Morgan fingerprint density at radius 1 is 1.16 bits per heavy atom. The summed E-state index contributed by atoms with van der Waals surface area (Å²) in [5.41, 5.74) is 5.99. The van der Waals surface area contributed by atoms with E-state index < -0.39 is 0 Å². The van der Waals surface area contributed by atoms with Gasteiger partial charge in [0.05, 0.1) is 19.0 Å². The van der Waals surface area contributed by atoms with Gasteiger partial charge in [-0.1, -0.05) is 24.3 Å². The zero-order valence-corrected chi connectivity index (χ0v) is 14.0. The van der Waals surface area contributed by atoms with Crippen LogP contribution < -0.4 is 15.7 Å². The van der Waals surface area contributed by atoms with Gasteiger partial charge in [0, 0.05) is 11.6 Å². The number of nitrogens with one attached hydrogen (secondary N) is 2. The number of rotatable bonds is 5. The molecule has 0 radical (unpaired) electrons. The number of hydrogen-bond donors (Lipinski definition) is 2. The molecule has 0 aliphatic carbocycles. The Bertz CT molecular complexity index is 946. The highest BCUT2D eigenvalue weighted by atomic mass is 16.5. The Morgan fingerprint density at radius 3 is 2.64 bits per heavy atom. The third-order valence-electron chi connectivity index (χ3n) is 3.69. The third-order valence-corrected chi connectivity index (χ3v) is 3.69. The number of aromatic nitrogens is 2. The molecule has 0 spiro atoms. The summed E-state index contributed by atoms with van der Waals surface area (Å²) in [6, 6.07) is 16.7. The van der Waals surface area contributed by atoms with Crippen molar-refractivity contribution in [1.29, 1.82) is 0 Å². The number of anilines is 1. The van der Waals surface area contributed by atoms with Crippen molar-refractivity contribution in [3.8, 4) is 17.0 Å². The second-order valence-corrected chi connectivity index (χ2v) is 5.43. The Labute approximate surface area is 145 Å². The number of benzene rings is 2. The van der Waals surface area contributed by atoms with Crippen LogP contribution in [-0.2, 0) is 0 Å². The van der Waals surface area contributed by atoms with Crippen LogP contribution in [0.15, 0.2) is 64.5 Å². The first-order chi connectivity index (χ1) is 12.2. The van der Waals surface area contributed by atoms with E-state index in [2.05, 4.69) is 20.5 Å². The first-order valence-corrected chi connectivity index (χ1v) is 7.76. The molecule has 0 atom stereocenters. The van der Waals surface area contributed by atoms with Gasteiger partial charge in [-0.15, -0.1) is 0 Å². The zero-order chi connectivity index (χ0) is 17.6. The molecule has 1 heterocycles. The van der Waals surface area contributed by atoms with Gasteiger partial charge in [-0.3, -0.25) is 9.78 Å². The topological polar surface area (TPSA) is 79.4 Å². The van der Waals surface area contributed by atoms with E-state index >= 15 is 0 Å². The highest BCUT2D eigenvalue weighted by Crippen LogP contribution is 2.20. The summed E-state index contributed by atoms with van der Waals surface area (Å²) in [5.74, 6) is 1.03. The maximum Gasteiger partial charge on any atom is 0.252 e. The van der Waals surface area contributed by atoms with E-state index in [1.165, 1.54) is 6.07 Å². The van der Waals surface area contributed by atoms with E-state index in [4.69, 9.17) is 4.74 Å². The van der Waals surface area contributed by atoms with Crippen molar-refractivity contribution in [2.45, 2.75) is 6.92 Å². The summed E-state index contributed by atoms with van der Waals surface area (Å²) in [4.78, 5) is 18.9. The van der Waals surface area contributed by atoms with Crippen LogP contribution in [0.5, 0.6) is 5.75 Å². The normalized spacial score (nSPS) is 10.8. The van der Waals surface area contributed by atoms with Crippen molar-refractivity contribution < 1.29 is 4.74 Å². The molecule has 0 bridgehead atoms. The number of hydrogen-bond acceptors (Lipinski definition) is 5. The summed E-state index contributed by atoms with van der Waals surface area (Å²) < 4.78 is 5.14. The van der Waals surface area contributed by atoms with Crippen molar-refractivity contribution in [2.75, 3.05) is 12.5 Å². The lowest BCUT2D eigenvalue weighted by Crippen LogP contribution is -2.10. The Kier molecular flexibility index (Phi) is 4.89. The summed E-state index contributed by atoms with van der Waals surface area (Å²) in [6.07, 6.45) is 1.69. The molecule has 6 heteroatoms. The second-order valence-electron chi connectivity index (χ2n) is 5.43. The van der Waals surface area contributed by atoms with Crippen LogP contribution in [0.1, 0.15) is 11.1 Å². The van der Waals surface area contributed by atoms with Crippen LogP contribution in [0.3, 0.4) is 0 Å². The van der Waals surface area contributed by atoms with Crippen molar-refractivity contribution in [1.82, 2.24) is 9.97 Å². The fourth-order valence-corrected chi connectivity index (χ4v) is 2.31. The smallest absolute Gasteiger partial charge is 0.252 e. The number of ether oxygens (including phenoxy) is 1. The van der Waals surface area contributed by atoms with Gasteiger partial charge in [-0.05, 0) is 42.3 Å². The van der Waals surface area contributed by atoms with Crippen LogP contribution in [-0.4, -0.2) is 23.3 Å². The van der Waals surface area contributed by atoms with E-state index in [1.807, 2.05) is 55.5 Å². The average Bonchev–Trinajstić information content (AvgIpc) is 2.63. The molecule has 0 fully saturated rings. The number of H-pyrrole nitrogens is 1.